The lowest BCUT2D eigenvalue weighted by Crippen LogP contribution is -2.26. The minimum absolute atomic E-state index is 0.0888. The van der Waals surface area contributed by atoms with E-state index in [1.807, 2.05) is 30.3 Å². The Bertz CT molecular complexity index is 802. The smallest absolute Gasteiger partial charge is 0.339 e. The monoisotopic (exact) mass is 335 g/mol. The van der Waals surface area contributed by atoms with Crippen molar-refractivity contribution in [3.05, 3.63) is 59.7 Å². The third-order valence-corrected chi connectivity index (χ3v) is 5.16. The number of hydrogen-bond acceptors (Lipinski definition) is 4. The molecule has 0 heterocycles. The highest BCUT2D eigenvalue weighted by atomic mass is 32.2. The molecule has 0 aliphatic carbocycles. The van der Waals surface area contributed by atoms with E-state index in [2.05, 4.69) is 0 Å². The van der Waals surface area contributed by atoms with Crippen LogP contribution in [-0.2, 0) is 16.6 Å². The third-order valence-electron chi connectivity index (χ3n) is 3.36. The highest BCUT2D eigenvalue weighted by Crippen LogP contribution is 2.24. The van der Waals surface area contributed by atoms with Crippen molar-refractivity contribution >= 4 is 16.0 Å². The van der Waals surface area contributed by atoms with Gasteiger partial charge >= 0.3 is 5.97 Å². The van der Waals surface area contributed by atoms with Gasteiger partial charge in [0, 0.05) is 13.6 Å². The molecule has 0 aliphatic heterocycles. The van der Waals surface area contributed by atoms with Gasteiger partial charge in [-0.15, -0.1) is 0 Å². The Morgan fingerprint density at radius 2 is 1.83 bits per heavy atom. The molecule has 0 saturated heterocycles. The molecule has 2 aromatic carbocycles. The molecule has 2 aromatic rings. The van der Waals surface area contributed by atoms with Crippen molar-refractivity contribution in [2.45, 2.75) is 11.4 Å². The Labute approximate surface area is 135 Å². The summed E-state index contributed by atoms with van der Waals surface area (Å²) >= 11 is 0. The zero-order valence-electron chi connectivity index (χ0n) is 12.8. The molecule has 0 atom stereocenters. The molecule has 0 aromatic heterocycles. The van der Waals surface area contributed by atoms with E-state index >= 15 is 0 Å². The van der Waals surface area contributed by atoms with Gasteiger partial charge < -0.3 is 9.84 Å². The summed E-state index contributed by atoms with van der Waals surface area (Å²) in [5, 5.41) is 9.17. The summed E-state index contributed by atoms with van der Waals surface area (Å²) < 4.78 is 31.3. The lowest BCUT2D eigenvalue weighted by atomic mass is 10.2. The van der Waals surface area contributed by atoms with Crippen LogP contribution in [0.4, 0.5) is 0 Å². The van der Waals surface area contributed by atoms with E-state index in [9.17, 15) is 18.3 Å². The highest BCUT2D eigenvalue weighted by molar-refractivity contribution is 7.89. The first-order valence-corrected chi connectivity index (χ1v) is 8.22. The fourth-order valence-electron chi connectivity index (χ4n) is 2.12. The zero-order chi connectivity index (χ0) is 17.0. The lowest BCUT2D eigenvalue weighted by molar-refractivity contribution is 0.0693. The fourth-order valence-corrected chi connectivity index (χ4v) is 3.31. The van der Waals surface area contributed by atoms with Crippen molar-refractivity contribution in [3.8, 4) is 5.75 Å². The Morgan fingerprint density at radius 1 is 1.17 bits per heavy atom. The number of hydrogen-bond donors (Lipinski definition) is 1. The van der Waals surface area contributed by atoms with Gasteiger partial charge in [-0.25, -0.2) is 13.2 Å². The van der Waals surface area contributed by atoms with Crippen LogP contribution >= 0.6 is 0 Å². The molecule has 0 unspecified atom stereocenters. The van der Waals surface area contributed by atoms with Crippen LogP contribution in [0.1, 0.15) is 15.9 Å². The minimum atomic E-state index is -3.80. The van der Waals surface area contributed by atoms with Crippen molar-refractivity contribution in [2.75, 3.05) is 14.2 Å². The average Bonchev–Trinajstić information content (AvgIpc) is 2.54. The van der Waals surface area contributed by atoms with E-state index in [-0.39, 0.29) is 22.8 Å². The summed E-state index contributed by atoms with van der Waals surface area (Å²) in [5.74, 6) is -1.13. The fraction of sp³-hybridized carbons (Fsp3) is 0.188. The maximum absolute atomic E-state index is 12.6. The number of sulfonamides is 1. The average molecular weight is 335 g/mol. The van der Waals surface area contributed by atoms with Gasteiger partial charge in [0.05, 0.1) is 12.0 Å². The largest absolute Gasteiger partial charge is 0.496 e. The van der Waals surface area contributed by atoms with E-state index in [1.54, 1.807) is 0 Å². The molecule has 0 saturated carbocycles. The van der Waals surface area contributed by atoms with E-state index in [4.69, 9.17) is 4.74 Å². The maximum atomic E-state index is 12.6. The Kier molecular flexibility index (Phi) is 5.02. The molecule has 2 rings (SSSR count). The molecular weight excluding hydrogens is 318 g/mol. The van der Waals surface area contributed by atoms with Crippen molar-refractivity contribution in [1.29, 1.82) is 0 Å². The van der Waals surface area contributed by atoms with Gasteiger partial charge in [-0.1, -0.05) is 30.3 Å². The first kappa shape index (κ1) is 17.0. The number of aromatic carboxylic acids is 1. The van der Waals surface area contributed by atoms with Gasteiger partial charge in [-0.2, -0.15) is 4.31 Å². The number of ether oxygens (including phenoxy) is 1. The number of carboxylic acid groups (broad SMARTS) is 1. The molecule has 7 heteroatoms. The quantitative estimate of drug-likeness (QED) is 0.875. The Balaban J connectivity index is 2.35. The zero-order valence-corrected chi connectivity index (χ0v) is 13.6. The van der Waals surface area contributed by atoms with Gasteiger partial charge in [0.1, 0.15) is 11.3 Å². The summed E-state index contributed by atoms with van der Waals surface area (Å²) in [4.78, 5) is 11.1. The van der Waals surface area contributed by atoms with E-state index in [0.717, 1.165) is 11.6 Å². The topological polar surface area (TPSA) is 83.9 Å². The second kappa shape index (κ2) is 6.80. The van der Waals surface area contributed by atoms with Gasteiger partial charge in [-0.05, 0) is 23.8 Å². The van der Waals surface area contributed by atoms with E-state index in [0.29, 0.717) is 0 Å². The third kappa shape index (κ3) is 3.69. The number of carbonyl (C=O) groups is 1. The van der Waals surface area contributed by atoms with Crippen molar-refractivity contribution in [2.24, 2.45) is 0 Å². The maximum Gasteiger partial charge on any atom is 0.339 e. The normalized spacial score (nSPS) is 11.4. The lowest BCUT2D eigenvalue weighted by Gasteiger charge is -2.18. The SMILES string of the molecule is COc1ccc(S(=O)(=O)N(C)Cc2ccccc2)cc1C(=O)O. The van der Waals surface area contributed by atoms with Crippen LogP contribution in [0, 0.1) is 0 Å². The molecule has 6 nitrogen and oxygen atoms in total. The first-order chi connectivity index (χ1) is 10.9. The molecule has 0 aliphatic rings. The molecule has 0 spiro atoms. The molecule has 23 heavy (non-hydrogen) atoms. The van der Waals surface area contributed by atoms with E-state index in [1.165, 1.54) is 30.6 Å². The van der Waals surface area contributed by atoms with E-state index < -0.39 is 16.0 Å². The summed E-state index contributed by atoms with van der Waals surface area (Å²) in [5.41, 5.74) is 0.646. The minimum Gasteiger partial charge on any atom is -0.496 e. The van der Waals surface area contributed by atoms with Crippen molar-refractivity contribution in [1.82, 2.24) is 4.31 Å². The predicted molar refractivity (Wildman–Crippen MR) is 85.0 cm³/mol. The van der Waals surface area contributed by atoms with Crippen molar-refractivity contribution in [3.63, 3.8) is 0 Å². The summed E-state index contributed by atoms with van der Waals surface area (Å²) in [6.45, 7) is 0.192. The van der Waals surface area contributed by atoms with Crippen LogP contribution in [0.5, 0.6) is 5.75 Å². The molecule has 1 N–H and O–H groups in total. The van der Waals surface area contributed by atoms with Gasteiger partial charge in [0.15, 0.2) is 0 Å². The van der Waals surface area contributed by atoms with Gasteiger partial charge in [0.25, 0.3) is 0 Å². The van der Waals surface area contributed by atoms with Crippen LogP contribution in [0.3, 0.4) is 0 Å². The standard InChI is InChI=1S/C16H17NO5S/c1-17(11-12-6-4-3-5-7-12)23(20,21)13-8-9-15(22-2)14(10-13)16(18)19/h3-10H,11H2,1-2H3,(H,18,19). The number of carboxylic acids is 1. The van der Waals surface area contributed by atoms with Crippen LogP contribution < -0.4 is 4.74 Å². The molecule has 0 amide bonds. The summed E-state index contributed by atoms with van der Waals surface area (Å²) in [6, 6.07) is 12.9. The first-order valence-electron chi connectivity index (χ1n) is 6.78. The molecule has 122 valence electrons. The predicted octanol–water partition coefficient (Wildman–Crippen LogP) is 2.21. The van der Waals surface area contributed by atoms with Crippen LogP contribution in [-0.4, -0.2) is 38.0 Å². The van der Waals surface area contributed by atoms with Crippen molar-refractivity contribution < 1.29 is 23.1 Å². The Hall–Kier alpha value is -2.38. The Morgan fingerprint density at radius 3 is 2.39 bits per heavy atom. The summed E-state index contributed by atoms with van der Waals surface area (Å²) in [7, 11) is -1.02. The van der Waals surface area contributed by atoms with Gasteiger partial charge in [-0.3, -0.25) is 0 Å². The molecular formula is C16H17NO5S. The number of methoxy groups -OCH3 is 1. The van der Waals surface area contributed by atoms with Gasteiger partial charge in [0.2, 0.25) is 10.0 Å². The number of rotatable bonds is 6. The summed E-state index contributed by atoms with van der Waals surface area (Å²) in [6.07, 6.45) is 0. The number of benzene rings is 2. The van der Waals surface area contributed by atoms with Crippen LogP contribution in [0.25, 0.3) is 0 Å². The van der Waals surface area contributed by atoms with Crippen LogP contribution in [0.2, 0.25) is 0 Å². The second-order valence-electron chi connectivity index (χ2n) is 4.91. The van der Waals surface area contributed by atoms with Crippen LogP contribution in [0.15, 0.2) is 53.4 Å². The molecule has 0 fully saturated rings. The molecule has 0 radical (unpaired) electrons. The number of nitrogens with zero attached hydrogens (tertiary/aromatic N) is 1. The second-order valence-corrected chi connectivity index (χ2v) is 6.96. The highest BCUT2D eigenvalue weighted by Gasteiger charge is 2.23. The molecule has 0 bridgehead atoms.